The van der Waals surface area contributed by atoms with Crippen LogP contribution in [0.5, 0.6) is 0 Å². The van der Waals surface area contributed by atoms with Crippen molar-refractivity contribution in [3.63, 3.8) is 0 Å². The lowest BCUT2D eigenvalue weighted by Gasteiger charge is -2.23. The van der Waals surface area contributed by atoms with Crippen molar-refractivity contribution in [1.29, 1.82) is 0 Å². The fourth-order valence-corrected chi connectivity index (χ4v) is 3.96. The number of aromatic nitrogens is 3. The van der Waals surface area contributed by atoms with E-state index in [0.717, 1.165) is 53.2 Å². The molecule has 3 heterocycles. The molecule has 0 aliphatic carbocycles. The van der Waals surface area contributed by atoms with E-state index in [4.69, 9.17) is 9.84 Å². The average molecular weight is 417 g/mol. The minimum Gasteiger partial charge on any atom is -0.356 e. The van der Waals surface area contributed by atoms with E-state index >= 15 is 0 Å². The summed E-state index contributed by atoms with van der Waals surface area (Å²) in [6.07, 6.45) is 8.48. The highest BCUT2D eigenvalue weighted by atomic mass is 19.1. The molecule has 1 atom stereocenters. The maximum atomic E-state index is 13.8. The van der Waals surface area contributed by atoms with E-state index in [2.05, 4.69) is 4.98 Å². The van der Waals surface area contributed by atoms with Crippen LogP contribution in [0.15, 0.2) is 60.8 Å². The number of hydrogen-bond acceptors (Lipinski definition) is 3. The molecule has 2 aromatic carbocycles. The first-order valence-electron chi connectivity index (χ1n) is 10.4. The van der Waals surface area contributed by atoms with Gasteiger partial charge in [0, 0.05) is 24.3 Å². The first kappa shape index (κ1) is 19.6. The summed E-state index contributed by atoms with van der Waals surface area (Å²) < 4.78 is 35.4. The molecule has 1 saturated heterocycles. The van der Waals surface area contributed by atoms with Crippen LogP contribution in [0, 0.1) is 11.6 Å². The Morgan fingerprint density at radius 1 is 0.935 bits per heavy atom. The highest BCUT2D eigenvalue weighted by Gasteiger charge is 2.21. The van der Waals surface area contributed by atoms with E-state index in [9.17, 15) is 8.78 Å². The third-order valence-corrected chi connectivity index (χ3v) is 5.46. The summed E-state index contributed by atoms with van der Waals surface area (Å²) >= 11 is 0. The van der Waals surface area contributed by atoms with E-state index in [-0.39, 0.29) is 6.23 Å². The lowest BCUT2D eigenvalue weighted by molar-refractivity contribution is -0.0367. The second kappa shape index (κ2) is 8.40. The zero-order valence-corrected chi connectivity index (χ0v) is 16.8. The molecule has 2 aromatic heterocycles. The third kappa shape index (κ3) is 4.11. The first-order valence-corrected chi connectivity index (χ1v) is 10.4. The summed E-state index contributed by atoms with van der Waals surface area (Å²) in [5.41, 5.74) is 3.72. The van der Waals surface area contributed by atoms with E-state index in [1.54, 1.807) is 6.20 Å². The number of ether oxygens (including phenoxy) is 1. The van der Waals surface area contributed by atoms with Crippen LogP contribution in [0.2, 0.25) is 0 Å². The molecular formula is C25H21F2N3O. The molecule has 0 spiro atoms. The van der Waals surface area contributed by atoms with Crippen molar-refractivity contribution in [2.24, 2.45) is 0 Å². The number of fused-ring (bicyclic) bond motifs is 1. The van der Waals surface area contributed by atoms with Crippen molar-refractivity contribution in [3.05, 3.63) is 83.8 Å². The van der Waals surface area contributed by atoms with Crippen LogP contribution in [0.4, 0.5) is 8.78 Å². The molecule has 1 unspecified atom stereocenters. The molecule has 1 aliphatic rings. The lowest BCUT2D eigenvalue weighted by atomic mass is 10.0. The fourth-order valence-electron chi connectivity index (χ4n) is 3.96. The van der Waals surface area contributed by atoms with Crippen LogP contribution in [-0.4, -0.2) is 21.4 Å². The van der Waals surface area contributed by atoms with Crippen LogP contribution in [-0.2, 0) is 4.74 Å². The van der Waals surface area contributed by atoms with Crippen molar-refractivity contribution < 1.29 is 13.5 Å². The van der Waals surface area contributed by atoms with Gasteiger partial charge in [-0.05, 0) is 78.9 Å². The Morgan fingerprint density at radius 2 is 1.81 bits per heavy atom. The van der Waals surface area contributed by atoms with Crippen molar-refractivity contribution in [2.45, 2.75) is 25.5 Å². The van der Waals surface area contributed by atoms with Gasteiger partial charge in [-0.25, -0.2) is 13.5 Å². The Morgan fingerprint density at radius 3 is 2.55 bits per heavy atom. The summed E-state index contributed by atoms with van der Waals surface area (Å²) in [7, 11) is 0. The third-order valence-electron chi connectivity index (χ3n) is 5.46. The number of nitrogens with zero attached hydrogens (tertiary/aromatic N) is 3. The Hall–Kier alpha value is -3.38. The van der Waals surface area contributed by atoms with Crippen molar-refractivity contribution in [3.8, 4) is 11.1 Å². The molecule has 0 bridgehead atoms. The maximum Gasteiger partial charge on any atom is 0.150 e. The molecule has 0 saturated carbocycles. The standard InChI is InChI=1S/C25H21F2N3O/c26-19-13-18(14-20(27)16-19)17-7-10-24-22(15-17)23(9-8-21-5-1-3-11-28-21)29-30(24)25-6-2-4-12-31-25/h1,3,5,7-11,13-16,25H,2,4,6,12H2/b9-8+. The van der Waals surface area contributed by atoms with E-state index in [1.165, 1.54) is 12.1 Å². The molecule has 0 N–H and O–H groups in total. The molecule has 5 rings (SSSR count). The highest BCUT2D eigenvalue weighted by Crippen LogP contribution is 2.32. The Kier molecular flexibility index (Phi) is 5.30. The zero-order valence-electron chi connectivity index (χ0n) is 16.8. The number of benzene rings is 2. The molecule has 31 heavy (non-hydrogen) atoms. The molecule has 4 nitrogen and oxygen atoms in total. The lowest BCUT2D eigenvalue weighted by Crippen LogP contribution is -2.19. The quantitative estimate of drug-likeness (QED) is 0.394. The van der Waals surface area contributed by atoms with E-state index in [0.29, 0.717) is 12.2 Å². The van der Waals surface area contributed by atoms with Crippen LogP contribution in [0.3, 0.4) is 0 Å². The molecule has 1 fully saturated rings. The van der Waals surface area contributed by atoms with Crippen molar-refractivity contribution >= 4 is 23.1 Å². The summed E-state index contributed by atoms with van der Waals surface area (Å²) in [6.45, 7) is 0.714. The second-order valence-electron chi connectivity index (χ2n) is 7.63. The SMILES string of the molecule is Fc1cc(F)cc(-c2ccc3c(c2)c(/C=C/c2ccccn2)nn3C2CCCCO2)c1. The summed E-state index contributed by atoms with van der Waals surface area (Å²) in [6, 6.07) is 15.0. The van der Waals surface area contributed by atoms with Gasteiger partial charge < -0.3 is 4.74 Å². The van der Waals surface area contributed by atoms with Gasteiger partial charge >= 0.3 is 0 Å². The fraction of sp³-hybridized carbons (Fsp3) is 0.200. The predicted octanol–water partition coefficient (Wildman–Crippen LogP) is 6.25. The van der Waals surface area contributed by atoms with Crippen LogP contribution in [0.1, 0.15) is 36.9 Å². The van der Waals surface area contributed by atoms with Gasteiger partial charge in [-0.1, -0.05) is 12.1 Å². The molecule has 4 aromatic rings. The molecule has 0 radical (unpaired) electrons. The second-order valence-corrected chi connectivity index (χ2v) is 7.63. The number of hydrogen-bond donors (Lipinski definition) is 0. The molecule has 1 aliphatic heterocycles. The first-order chi connectivity index (χ1) is 15.2. The number of rotatable bonds is 4. The largest absolute Gasteiger partial charge is 0.356 e. The van der Waals surface area contributed by atoms with Crippen LogP contribution < -0.4 is 0 Å². The van der Waals surface area contributed by atoms with Crippen molar-refractivity contribution in [1.82, 2.24) is 14.8 Å². The van der Waals surface area contributed by atoms with Gasteiger partial charge in [0.1, 0.15) is 11.6 Å². The topological polar surface area (TPSA) is 39.9 Å². The highest BCUT2D eigenvalue weighted by molar-refractivity contribution is 5.93. The maximum absolute atomic E-state index is 13.8. The number of pyridine rings is 1. The van der Waals surface area contributed by atoms with Gasteiger partial charge in [-0.2, -0.15) is 5.10 Å². The minimum atomic E-state index is -0.600. The molecule has 6 heteroatoms. The van der Waals surface area contributed by atoms with E-state index in [1.807, 2.05) is 53.2 Å². The zero-order chi connectivity index (χ0) is 21.2. The monoisotopic (exact) mass is 417 g/mol. The Bertz CT molecular complexity index is 1220. The average Bonchev–Trinajstić information content (AvgIpc) is 3.16. The van der Waals surface area contributed by atoms with Gasteiger partial charge in [0.25, 0.3) is 0 Å². The summed E-state index contributed by atoms with van der Waals surface area (Å²) in [5, 5.41) is 5.72. The normalized spacial score (nSPS) is 16.9. The van der Waals surface area contributed by atoms with Gasteiger partial charge in [0.05, 0.1) is 16.9 Å². The van der Waals surface area contributed by atoms with Gasteiger partial charge in [-0.15, -0.1) is 0 Å². The predicted molar refractivity (Wildman–Crippen MR) is 117 cm³/mol. The van der Waals surface area contributed by atoms with Gasteiger partial charge in [0.2, 0.25) is 0 Å². The molecular weight excluding hydrogens is 396 g/mol. The van der Waals surface area contributed by atoms with Crippen LogP contribution >= 0.6 is 0 Å². The Labute approximate surface area is 178 Å². The van der Waals surface area contributed by atoms with E-state index < -0.39 is 11.6 Å². The smallest absolute Gasteiger partial charge is 0.150 e. The summed E-state index contributed by atoms with van der Waals surface area (Å²) in [4.78, 5) is 4.33. The van der Waals surface area contributed by atoms with Crippen LogP contribution in [0.25, 0.3) is 34.2 Å². The summed E-state index contributed by atoms with van der Waals surface area (Å²) in [5.74, 6) is -1.20. The van der Waals surface area contributed by atoms with Gasteiger partial charge in [0.15, 0.2) is 6.23 Å². The number of halogens is 2. The van der Waals surface area contributed by atoms with Crippen molar-refractivity contribution in [2.75, 3.05) is 6.61 Å². The van der Waals surface area contributed by atoms with Gasteiger partial charge in [-0.3, -0.25) is 4.98 Å². The minimum absolute atomic E-state index is 0.120. The molecule has 0 amide bonds. The molecule has 156 valence electrons. The Balaban J connectivity index is 1.63.